The molecular weight excluding hydrogens is 176 g/mol. The molecule has 0 aliphatic rings. The van der Waals surface area contributed by atoms with E-state index in [1.165, 1.54) is 0 Å². The Morgan fingerprint density at radius 1 is 1.43 bits per heavy atom. The molecule has 0 aliphatic heterocycles. The number of allylic oxidation sites excluding steroid dienone is 2. The zero-order chi connectivity index (χ0) is 11.4. The molecule has 0 amide bonds. The lowest BCUT2D eigenvalue weighted by Gasteiger charge is -2.14. The molecule has 0 aromatic rings. The molecule has 14 heavy (non-hydrogen) atoms. The van der Waals surface area contributed by atoms with Crippen LogP contribution in [0.15, 0.2) is 24.0 Å². The normalized spacial score (nSPS) is 12.5. The first kappa shape index (κ1) is 12.9. The highest BCUT2D eigenvalue weighted by Crippen LogP contribution is 2.19. The average molecular weight is 196 g/mol. The van der Waals surface area contributed by atoms with E-state index < -0.39 is 0 Å². The molecular formula is C12H20O2. The summed E-state index contributed by atoms with van der Waals surface area (Å²) in [6, 6.07) is 0. The third-order valence-corrected chi connectivity index (χ3v) is 1.58. The Labute approximate surface area is 86.6 Å². The van der Waals surface area contributed by atoms with Crippen molar-refractivity contribution in [2.45, 2.75) is 34.6 Å². The number of Topliss-reactive ketones (excluding diaryl/α,β-unsaturated/α-hetero) is 1. The fourth-order valence-electron chi connectivity index (χ4n) is 1.17. The maximum atomic E-state index is 11.6. The summed E-state index contributed by atoms with van der Waals surface area (Å²) in [5.74, 6) is 0.118. The molecule has 0 unspecified atom stereocenters. The summed E-state index contributed by atoms with van der Waals surface area (Å²) < 4.78 is 5.05. The molecule has 0 heterocycles. The van der Waals surface area contributed by atoms with Gasteiger partial charge in [-0.2, -0.15) is 0 Å². The Morgan fingerprint density at radius 2 is 1.93 bits per heavy atom. The maximum absolute atomic E-state index is 11.6. The van der Waals surface area contributed by atoms with Crippen molar-refractivity contribution < 1.29 is 9.53 Å². The Morgan fingerprint density at radius 3 is 2.29 bits per heavy atom. The van der Waals surface area contributed by atoms with Gasteiger partial charge in [-0.15, -0.1) is 0 Å². The van der Waals surface area contributed by atoms with Crippen molar-refractivity contribution in [2.75, 3.05) is 6.61 Å². The van der Waals surface area contributed by atoms with Gasteiger partial charge in [0, 0.05) is 0 Å². The van der Waals surface area contributed by atoms with Crippen LogP contribution in [-0.2, 0) is 9.53 Å². The number of carbonyl (C=O) groups is 1. The maximum Gasteiger partial charge on any atom is 0.222 e. The number of ketones is 1. The Kier molecular flexibility index (Phi) is 4.61. The number of rotatable bonds is 4. The topological polar surface area (TPSA) is 26.3 Å². The van der Waals surface area contributed by atoms with Crippen molar-refractivity contribution >= 4 is 5.78 Å². The van der Waals surface area contributed by atoms with Crippen LogP contribution in [0, 0.1) is 5.41 Å². The van der Waals surface area contributed by atoms with Crippen molar-refractivity contribution in [3.63, 3.8) is 0 Å². The SMILES string of the molecule is C=C(OCC)C(=O)/C(C)=C/C(C)(C)C. The predicted octanol–water partition coefficient (Wildman–Crippen LogP) is 3.10. The third kappa shape index (κ3) is 4.85. The number of carbonyl (C=O) groups excluding carboxylic acids is 1. The summed E-state index contributed by atoms with van der Waals surface area (Å²) in [5, 5.41) is 0. The molecule has 0 spiro atoms. The molecule has 2 nitrogen and oxygen atoms in total. The molecule has 80 valence electrons. The van der Waals surface area contributed by atoms with Crippen LogP contribution in [0.4, 0.5) is 0 Å². The first-order valence-corrected chi connectivity index (χ1v) is 4.83. The summed E-state index contributed by atoms with van der Waals surface area (Å²) >= 11 is 0. The highest BCUT2D eigenvalue weighted by atomic mass is 16.5. The van der Waals surface area contributed by atoms with Gasteiger partial charge in [0.1, 0.15) is 0 Å². The highest BCUT2D eigenvalue weighted by molar-refractivity contribution is 6.05. The van der Waals surface area contributed by atoms with Crippen LogP contribution in [0.25, 0.3) is 0 Å². The molecule has 0 fully saturated rings. The van der Waals surface area contributed by atoms with E-state index in [2.05, 4.69) is 6.58 Å². The molecule has 0 aromatic heterocycles. The average Bonchev–Trinajstić information content (AvgIpc) is 2.00. The number of hydrogen-bond donors (Lipinski definition) is 0. The molecule has 0 aliphatic carbocycles. The summed E-state index contributed by atoms with van der Waals surface area (Å²) in [6.07, 6.45) is 1.93. The van der Waals surface area contributed by atoms with Crippen LogP contribution in [0.5, 0.6) is 0 Å². The van der Waals surface area contributed by atoms with Crippen molar-refractivity contribution in [2.24, 2.45) is 5.41 Å². The summed E-state index contributed by atoms with van der Waals surface area (Å²) in [7, 11) is 0. The Hall–Kier alpha value is -1.05. The van der Waals surface area contributed by atoms with Crippen molar-refractivity contribution in [1.82, 2.24) is 0 Å². The lowest BCUT2D eigenvalue weighted by atomic mass is 9.92. The van der Waals surface area contributed by atoms with Gasteiger partial charge in [0.15, 0.2) is 5.76 Å². The van der Waals surface area contributed by atoms with E-state index in [1.54, 1.807) is 6.92 Å². The fraction of sp³-hybridized carbons (Fsp3) is 0.583. The van der Waals surface area contributed by atoms with Crippen LogP contribution in [-0.4, -0.2) is 12.4 Å². The number of hydrogen-bond acceptors (Lipinski definition) is 2. The standard InChI is InChI=1S/C12H20O2/c1-7-14-10(3)11(13)9(2)8-12(4,5)6/h8H,3,7H2,1-2,4-6H3/b9-8+. The first-order chi connectivity index (χ1) is 6.28. The molecule has 0 radical (unpaired) electrons. The summed E-state index contributed by atoms with van der Waals surface area (Å²) in [6.45, 7) is 13.8. The molecule has 0 saturated carbocycles. The lowest BCUT2D eigenvalue weighted by molar-refractivity contribution is -0.115. The summed E-state index contributed by atoms with van der Waals surface area (Å²) in [4.78, 5) is 11.6. The van der Waals surface area contributed by atoms with Gasteiger partial charge in [-0.05, 0) is 24.8 Å². The molecule has 0 aromatic carbocycles. The van der Waals surface area contributed by atoms with Crippen LogP contribution in [0.1, 0.15) is 34.6 Å². The van der Waals surface area contributed by atoms with Gasteiger partial charge in [-0.1, -0.05) is 33.4 Å². The molecule has 0 rings (SSSR count). The van der Waals surface area contributed by atoms with Crippen molar-refractivity contribution in [1.29, 1.82) is 0 Å². The van der Waals surface area contributed by atoms with Crippen LogP contribution in [0.3, 0.4) is 0 Å². The molecule has 0 saturated heterocycles. The van der Waals surface area contributed by atoms with E-state index in [9.17, 15) is 4.79 Å². The Balaban J connectivity index is 4.55. The fourth-order valence-corrected chi connectivity index (χ4v) is 1.17. The highest BCUT2D eigenvalue weighted by Gasteiger charge is 2.14. The molecule has 2 heteroatoms. The zero-order valence-electron chi connectivity index (χ0n) is 9.81. The quantitative estimate of drug-likeness (QED) is 0.510. The lowest BCUT2D eigenvalue weighted by Crippen LogP contribution is -2.10. The van der Waals surface area contributed by atoms with Crippen molar-refractivity contribution in [3.05, 3.63) is 24.0 Å². The van der Waals surface area contributed by atoms with E-state index in [0.717, 1.165) is 0 Å². The molecule has 0 atom stereocenters. The zero-order valence-corrected chi connectivity index (χ0v) is 9.81. The van der Waals surface area contributed by atoms with E-state index in [-0.39, 0.29) is 17.0 Å². The van der Waals surface area contributed by atoms with Gasteiger partial charge < -0.3 is 4.74 Å². The van der Waals surface area contributed by atoms with Crippen LogP contribution < -0.4 is 0 Å². The van der Waals surface area contributed by atoms with Gasteiger partial charge in [-0.3, -0.25) is 4.79 Å². The second-order valence-corrected chi connectivity index (χ2v) is 4.38. The number of ether oxygens (including phenoxy) is 1. The van der Waals surface area contributed by atoms with E-state index in [0.29, 0.717) is 12.2 Å². The third-order valence-electron chi connectivity index (χ3n) is 1.58. The van der Waals surface area contributed by atoms with Crippen LogP contribution >= 0.6 is 0 Å². The van der Waals surface area contributed by atoms with Gasteiger partial charge in [0.2, 0.25) is 5.78 Å². The van der Waals surface area contributed by atoms with E-state index in [1.807, 2.05) is 33.8 Å². The van der Waals surface area contributed by atoms with E-state index in [4.69, 9.17) is 4.74 Å². The smallest absolute Gasteiger partial charge is 0.222 e. The van der Waals surface area contributed by atoms with Gasteiger partial charge >= 0.3 is 0 Å². The van der Waals surface area contributed by atoms with Gasteiger partial charge in [0.25, 0.3) is 0 Å². The second kappa shape index (κ2) is 4.99. The second-order valence-electron chi connectivity index (χ2n) is 4.38. The van der Waals surface area contributed by atoms with Gasteiger partial charge in [0.05, 0.1) is 6.61 Å². The minimum absolute atomic E-state index is 0.00619. The monoisotopic (exact) mass is 196 g/mol. The Bertz CT molecular complexity index is 254. The van der Waals surface area contributed by atoms with Crippen molar-refractivity contribution in [3.8, 4) is 0 Å². The van der Waals surface area contributed by atoms with Crippen LogP contribution in [0.2, 0.25) is 0 Å². The van der Waals surface area contributed by atoms with Gasteiger partial charge in [-0.25, -0.2) is 0 Å². The predicted molar refractivity (Wildman–Crippen MR) is 59.0 cm³/mol. The van der Waals surface area contributed by atoms with E-state index >= 15 is 0 Å². The molecule has 0 N–H and O–H groups in total. The minimum atomic E-state index is -0.109. The molecule has 0 bridgehead atoms. The minimum Gasteiger partial charge on any atom is -0.490 e. The first-order valence-electron chi connectivity index (χ1n) is 4.83. The largest absolute Gasteiger partial charge is 0.490 e. The summed E-state index contributed by atoms with van der Waals surface area (Å²) in [5.41, 5.74) is 0.697.